The van der Waals surface area contributed by atoms with Crippen LogP contribution in [-0.4, -0.2) is 73.5 Å². The SMILES string of the molecule is CO[C@@H]1CN(C)C(=O)c2cc(NC(C)=O)ccc2OC[C@@H](C)N(C(=O)C2CC2)C[C@@H]1C. The topological polar surface area (TPSA) is 88.2 Å². The fourth-order valence-corrected chi connectivity index (χ4v) is 3.93. The first-order valence-electron chi connectivity index (χ1n) is 10.8. The van der Waals surface area contributed by atoms with E-state index in [0.29, 0.717) is 30.1 Å². The van der Waals surface area contributed by atoms with Crippen molar-refractivity contribution >= 4 is 23.4 Å². The van der Waals surface area contributed by atoms with E-state index in [0.717, 1.165) is 12.8 Å². The van der Waals surface area contributed by atoms with Gasteiger partial charge in [-0.3, -0.25) is 14.4 Å². The van der Waals surface area contributed by atoms with Gasteiger partial charge in [-0.25, -0.2) is 0 Å². The van der Waals surface area contributed by atoms with Crippen LogP contribution in [0.3, 0.4) is 0 Å². The fourth-order valence-electron chi connectivity index (χ4n) is 3.93. The third kappa shape index (κ3) is 5.55. The maximum absolute atomic E-state index is 13.2. The van der Waals surface area contributed by atoms with Gasteiger partial charge in [0.2, 0.25) is 11.8 Å². The average molecular weight is 432 g/mol. The molecule has 1 fully saturated rings. The van der Waals surface area contributed by atoms with E-state index >= 15 is 0 Å². The Kier molecular flexibility index (Phi) is 7.20. The van der Waals surface area contributed by atoms with Gasteiger partial charge >= 0.3 is 0 Å². The van der Waals surface area contributed by atoms with Crippen molar-refractivity contribution in [1.29, 1.82) is 0 Å². The Hall–Kier alpha value is -2.61. The molecule has 3 amide bonds. The molecule has 31 heavy (non-hydrogen) atoms. The second kappa shape index (κ2) is 9.68. The van der Waals surface area contributed by atoms with Gasteiger partial charge in [-0.2, -0.15) is 0 Å². The van der Waals surface area contributed by atoms with Gasteiger partial charge in [-0.1, -0.05) is 6.92 Å². The zero-order valence-electron chi connectivity index (χ0n) is 19.0. The van der Waals surface area contributed by atoms with Crippen LogP contribution in [0.15, 0.2) is 18.2 Å². The van der Waals surface area contributed by atoms with Gasteiger partial charge in [0.1, 0.15) is 12.4 Å². The van der Waals surface area contributed by atoms with Crippen LogP contribution >= 0.6 is 0 Å². The highest BCUT2D eigenvalue weighted by Gasteiger charge is 2.37. The highest BCUT2D eigenvalue weighted by atomic mass is 16.5. The van der Waals surface area contributed by atoms with Gasteiger partial charge in [0.25, 0.3) is 5.91 Å². The van der Waals surface area contributed by atoms with Gasteiger partial charge < -0.3 is 24.6 Å². The lowest BCUT2D eigenvalue weighted by atomic mass is 10.0. The van der Waals surface area contributed by atoms with Crippen molar-refractivity contribution in [2.24, 2.45) is 11.8 Å². The Bertz CT molecular complexity index is 839. The zero-order valence-corrected chi connectivity index (χ0v) is 19.0. The summed E-state index contributed by atoms with van der Waals surface area (Å²) < 4.78 is 11.7. The number of fused-ring (bicyclic) bond motifs is 1. The van der Waals surface area contributed by atoms with Gasteiger partial charge in [-0.05, 0) is 38.0 Å². The van der Waals surface area contributed by atoms with Crippen molar-refractivity contribution < 1.29 is 23.9 Å². The van der Waals surface area contributed by atoms with E-state index < -0.39 is 0 Å². The summed E-state index contributed by atoms with van der Waals surface area (Å²) in [6.45, 7) is 6.63. The average Bonchev–Trinajstić information content (AvgIpc) is 3.57. The molecule has 1 heterocycles. The Balaban J connectivity index is 1.95. The molecule has 170 valence electrons. The van der Waals surface area contributed by atoms with Gasteiger partial charge in [0.15, 0.2) is 0 Å². The molecule has 0 aromatic heterocycles. The van der Waals surface area contributed by atoms with Crippen LogP contribution in [0, 0.1) is 11.8 Å². The molecule has 1 saturated carbocycles. The number of likely N-dealkylation sites (N-methyl/N-ethyl adjacent to an activating group) is 1. The molecule has 1 N–H and O–H groups in total. The maximum Gasteiger partial charge on any atom is 0.257 e. The number of nitrogens with zero attached hydrogens (tertiary/aromatic N) is 2. The predicted molar refractivity (Wildman–Crippen MR) is 117 cm³/mol. The molecule has 3 atom stereocenters. The van der Waals surface area contributed by atoms with Gasteiger partial charge in [0.05, 0.1) is 17.7 Å². The Morgan fingerprint density at radius 1 is 1.19 bits per heavy atom. The minimum Gasteiger partial charge on any atom is -0.491 e. The Labute approximate surface area is 183 Å². The molecule has 8 heteroatoms. The summed E-state index contributed by atoms with van der Waals surface area (Å²) in [7, 11) is 3.35. The smallest absolute Gasteiger partial charge is 0.257 e. The quantitative estimate of drug-likeness (QED) is 0.794. The van der Waals surface area contributed by atoms with Crippen LogP contribution < -0.4 is 10.1 Å². The number of carbonyl (C=O) groups excluding carboxylic acids is 3. The molecule has 1 aliphatic carbocycles. The zero-order chi connectivity index (χ0) is 22.7. The third-order valence-corrected chi connectivity index (χ3v) is 5.97. The summed E-state index contributed by atoms with van der Waals surface area (Å²) in [4.78, 5) is 41.2. The molecule has 1 aromatic carbocycles. The number of hydrogen-bond donors (Lipinski definition) is 1. The van der Waals surface area contributed by atoms with Crippen molar-refractivity contribution in [3.63, 3.8) is 0 Å². The summed E-state index contributed by atoms with van der Waals surface area (Å²) in [6.07, 6.45) is 1.66. The molecule has 1 aliphatic heterocycles. The third-order valence-electron chi connectivity index (χ3n) is 5.97. The molecule has 0 radical (unpaired) electrons. The number of methoxy groups -OCH3 is 1. The summed E-state index contributed by atoms with van der Waals surface area (Å²) in [5.74, 6) is 0.316. The van der Waals surface area contributed by atoms with E-state index in [1.54, 1.807) is 37.3 Å². The molecule has 0 spiro atoms. The van der Waals surface area contributed by atoms with E-state index in [4.69, 9.17) is 9.47 Å². The fraction of sp³-hybridized carbons (Fsp3) is 0.609. The first-order chi connectivity index (χ1) is 14.7. The minimum absolute atomic E-state index is 0.0370. The molecule has 8 nitrogen and oxygen atoms in total. The lowest BCUT2D eigenvalue weighted by Gasteiger charge is -2.36. The highest BCUT2D eigenvalue weighted by molar-refractivity contribution is 5.99. The predicted octanol–water partition coefficient (Wildman–Crippen LogP) is 2.39. The van der Waals surface area contributed by atoms with Crippen LogP contribution in [-0.2, 0) is 14.3 Å². The number of carbonyl (C=O) groups is 3. The van der Waals surface area contributed by atoms with Crippen LogP contribution in [0.1, 0.15) is 44.0 Å². The van der Waals surface area contributed by atoms with Crippen LogP contribution in [0.25, 0.3) is 0 Å². The summed E-state index contributed by atoms with van der Waals surface area (Å²) in [5, 5.41) is 2.71. The second-order valence-corrected chi connectivity index (χ2v) is 8.75. The number of anilines is 1. The minimum atomic E-state index is -0.224. The van der Waals surface area contributed by atoms with E-state index in [1.807, 2.05) is 18.7 Å². The summed E-state index contributed by atoms with van der Waals surface area (Å²) in [6, 6.07) is 4.87. The van der Waals surface area contributed by atoms with Crippen molar-refractivity contribution in [3.05, 3.63) is 23.8 Å². The lowest BCUT2D eigenvalue weighted by Crippen LogP contribution is -2.49. The largest absolute Gasteiger partial charge is 0.491 e. The van der Waals surface area contributed by atoms with Crippen LogP contribution in [0.4, 0.5) is 5.69 Å². The molecule has 0 bridgehead atoms. The van der Waals surface area contributed by atoms with Gasteiger partial charge in [-0.15, -0.1) is 0 Å². The normalized spacial score (nSPS) is 25.1. The molecule has 2 aliphatic rings. The summed E-state index contributed by atoms with van der Waals surface area (Å²) >= 11 is 0. The van der Waals surface area contributed by atoms with Crippen molar-refractivity contribution in [1.82, 2.24) is 9.80 Å². The van der Waals surface area contributed by atoms with Crippen LogP contribution in [0.5, 0.6) is 5.75 Å². The monoisotopic (exact) mass is 431 g/mol. The maximum atomic E-state index is 13.2. The first kappa shape index (κ1) is 23.1. The highest BCUT2D eigenvalue weighted by Crippen LogP contribution is 2.33. The molecular formula is C23H33N3O5. The molecule has 0 unspecified atom stereocenters. The number of ether oxygens (including phenoxy) is 2. The van der Waals surface area contributed by atoms with E-state index in [1.165, 1.54) is 6.92 Å². The lowest BCUT2D eigenvalue weighted by molar-refractivity contribution is -0.136. The van der Waals surface area contributed by atoms with E-state index in [-0.39, 0.29) is 48.3 Å². The van der Waals surface area contributed by atoms with Crippen LogP contribution in [0.2, 0.25) is 0 Å². The number of benzene rings is 1. The van der Waals surface area contributed by atoms with Crippen molar-refractivity contribution in [3.8, 4) is 5.75 Å². The molecular weight excluding hydrogens is 398 g/mol. The van der Waals surface area contributed by atoms with Crippen molar-refractivity contribution in [2.75, 3.05) is 39.2 Å². The Morgan fingerprint density at radius 3 is 2.52 bits per heavy atom. The first-order valence-corrected chi connectivity index (χ1v) is 10.8. The Morgan fingerprint density at radius 2 is 1.90 bits per heavy atom. The van der Waals surface area contributed by atoms with E-state index in [2.05, 4.69) is 5.32 Å². The molecule has 0 saturated heterocycles. The van der Waals surface area contributed by atoms with Crippen molar-refractivity contribution in [2.45, 2.75) is 45.8 Å². The number of hydrogen-bond acceptors (Lipinski definition) is 5. The van der Waals surface area contributed by atoms with E-state index in [9.17, 15) is 14.4 Å². The summed E-state index contributed by atoms with van der Waals surface area (Å²) in [5.41, 5.74) is 0.892. The molecule has 1 aromatic rings. The standard InChI is InChI=1S/C23H33N3O5/c1-14-11-26(22(28)17-6-7-17)15(2)13-31-20-9-8-18(24-16(3)27)10-19(20)23(29)25(4)12-21(14)30-5/h8-10,14-15,17,21H,6-7,11-13H2,1-5H3,(H,24,27)/t14-,15+,21+/m0/s1. The number of amides is 3. The number of nitrogens with one attached hydrogen (secondary N) is 1. The number of rotatable bonds is 3. The second-order valence-electron chi connectivity index (χ2n) is 8.75. The molecule has 3 rings (SSSR count). The van der Waals surface area contributed by atoms with Gasteiger partial charge in [0, 0.05) is 51.7 Å².